The van der Waals surface area contributed by atoms with E-state index >= 15 is 0 Å². The van der Waals surface area contributed by atoms with Crippen molar-refractivity contribution in [2.45, 2.75) is 19.6 Å². The largest absolute Gasteiger partial charge is 0.392 e. The van der Waals surface area contributed by atoms with Crippen molar-refractivity contribution < 1.29 is 5.11 Å². The molecule has 0 aliphatic carbocycles. The quantitative estimate of drug-likeness (QED) is 0.817. The molecule has 1 aromatic heterocycles. The van der Waals surface area contributed by atoms with Gasteiger partial charge in [0.2, 0.25) is 5.62 Å². The van der Waals surface area contributed by atoms with Crippen molar-refractivity contribution in [2.24, 2.45) is 7.05 Å². The summed E-state index contributed by atoms with van der Waals surface area (Å²) in [7, 11) is 1.86. The van der Waals surface area contributed by atoms with E-state index < -0.39 is 6.10 Å². The van der Waals surface area contributed by atoms with Gasteiger partial charge in [0.25, 0.3) is 0 Å². The van der Waals surface area contributed by atoms with Crippen LogP contribution >= 0.6 is 12.4 Å². The lowest BCUT2D eigenvalue weighted by Gasteiger charge is -2.06. The molecule has 0 spiro atoms. The van der Waals surface area contributed by atoms with Crippen LogP contribution in [0.4, 0.5) is 0 Å². The third-order valence-electron chi connectivity index (χ3n) is 2.55. The van der Waals surface area contributed by atoms with Gasteiger partial charge in [-0.2, -0.15) is 0 Å². The number of nitrogens with zero attached hydrogens (tertiary/aromatic N) is 2. The lowest BCUT2D eigenvalue weighted by Crippen LogP contribution is -2.26. The second-order valence-corrected chi connectivity index (χ2v) is 3.83. The molecule has 5 heteroatoms. The zero-order chi connectivity index (χ0) is 11.0. The Morgan fingerprint density at radius 3 is 2.44 bits per heavy atom. The molecule has 1 atom stereocenters. The topological polar surface area (TPSA) is 53.9 Å². The van der Waals surface area contributed by atoms with Gasteiger partial charge in [-0.25, -0.2) is 0 Å². The van der Waals surface area contributed by atoms with Crippen LogP contribution in [0.5, 0.6) is 0 Å². The number of hydrogen-bond acceptors (Lipinski definition) is 2. The molecule has 2 aromatic rings. The number of aromatic nitrogens is 2. The predicted molar refractivity (Wildman–Crippen MR) is 65.7 cm³/mol. The van der Waals surface area contributed by atoms with Crippen LogP contribution in [-0.4, -0.2) is 20.3 Å². The molecule has 0 aliphatic heterocycles. The molecule has 0 radical (unpaired) electrons. The van der Waals surface area contributed by atoms with Gasteiger partial charge in [0.1, 0.15) is 0 Å². The highest BCUT2D eigenvalue weighted by Gasteiger charge is 2.08. The predicted octanol–water partition coefficient (Wildman–Crippen LogP) is 1.26. The number of imidazole rings is 1. The zero-order valence-corrected chi connectivity index (χ0v) is 10.2. The van der Waals surface area contributed by atoms with E-state index in [2.05, 4.69) is 0 Å². The lowest BCUT2D eigenvalue weighted by molar-refractivity contribution is 0.173. The van der Waals surface area contributed by atoms with E-state index in [1.165, 1.54) is 0 Å². The smallest absolute Gasteiger partial charge is 0.202 e. The minimum absolute atomic E-state index is 0. The van der Waals surface area contributed by atoms with Gasteiger partial charge in [-0.1, -0.05) is 12.1 Å². The van der Waals surface area contributed by atoms with Gasteiger partial charge in [0.05, 0.1) is 23.7 Å². The van der Waals surface area contributed by atoms with E-state index in [9.17, 15) is 5.11 Å². The molecule has 0 saturated heterocycles. The Morgan fingerprint density at radius 2 is 1.88 bits per heavy atom. The summed E-state index contributed by atoms with van der Waals surface area (Å²) in [5, 5.41) is 17.3. The third-order valence-corrected chi connectivity index (χ3v) is 2.55. The number of hydrogen-bond donors (Lipinski definition) is 2. The summed E-state index contributed by atoms with van der Waals surface area (Å²) in [5.74, 6) is 0. The van der Waals surface area contributed by atoms with E-state index in [-0.39, 0.29) is 12.4 Å². The highest BCUT2D eigenvalue weighted by Crippen LogP contribution is 2.11. The Hall–Kier alpha value is -1.26. The van der Waals surface area contributed by atoms with Crippen LogP contribution in [0.25, 0.3) is 11.0 Å². The average Bonchev–Trinajstić information content (AvgIpc) is 2.44. The summed E-state index contributed by atoms with van der Waals surface area (Å²) in [6, 6.07) is 7.84. The second-order valence-electron chi connectivity index (χ2n) is 3.83. The van der Waals surface area contributed by atoms with Crippen molar-refractivity contribution in [3.8, 4) is 0 Å². The van der Waals surface area contributed by atoms with Crippen molar-refractivity contribution >= 4 is 23.4 Å². The van der Waals surface area contributed by atoms with Crippen molar-refractivity contribution in [1.82, 2.24) is 9.13 Å². The Morgan fingerprint density at radius 1 is 1.31 bits per heavy atom. The summed E-state index contributed by atoms with van der Waals surface area (Å²) in [6.45, 7) is 2.19. The standard InChI is InChI=1S/C11H15N3O.ClH/c1-8(15)7-14-10-6-4-3-5-9(10)13(2)11(14)12;/h3-6,8,12,15H,7H2,1-2H3;1H. The van der Waals surface area contributed by atoms with E-state index in [1.54, 1.807) is 6.92 Å². The number of halogens is 1. The lowest BCUT2D eigenvalue weighted by atomic mass is 10.3. The Kier molecular flexibility index (Phi) is 3.78. The molecule has 0 amide bonds. The maximum absolute atomic E-state index is 9.39. The zero-order valence-electron chi connectivity index (χ0n) is 9.34. The van der Waals surface area contributed by atoms with Crippen molar-refractivity contribution in [3.63, 3.8) is 0 Å². The summed E-state index contributed by atoms with van der Waals surface area (Å²) in [6.07, 6.45) is -0.440. The number of aryl methyl sites for hydroxylation is 1. The Labute approximate surface area is 100 Å². The summed E-state index contributed by atoms with van der Waals surface area (Å²) in [4.78, 5) is 0. The first-order valence-corrected chi connectivity index (χ1v) is 4.98. The summed E-state index contributed by atoms with van der Waals surface area (Å²) in [5.41, 5.74) is 2.42. The fourth-order valence-corrected chi connectivity index (χ4v) is 1.83. The number of para-hydroxylation sites is 2. The van der Waals surface area contributed by atoms with Crippen LogP contribution in [0, 0.1) is 5.41 Å². The van der Waals surface area contributed by atoms with Crippen LogP contribution in [-0.2, 0) is 13.6 Å². The van der Waals surface area contributed by atoms with Gasteiger partial charge < -0.3 is 14.2 Å². The third kappa shape index (κ3) is 1.99. The van der Waals surface area contributed by atoms with Crippen LogP contribution in [0.2, 0.25) is 0 Å². The molecular weight excluding hydrogens is 226 g/mol. The number of fused-ring (bicyclic) bond motifs is 1. The molecule has 4 nitrogen and oxygen atoms in total. The van der Waals surface area contributed by atoms with E-state index in [0.717, 1.165) is 11.0 Å². The molecule has 2 rings (SSSR count). The summed E-state index contributed by atoms with van der Waals surface area (Å²) >= 11 is 0. The van der Waals surface area contributed by atoms with Crippen molar-refractivity contribution in [3.05, 3.63) is 29.9 Å². The van der Waals surface area contributed by atoms with Gasteiger partial charge in [0.15, 0.2) is 0 Å². The normalized spacial score (nSPS) is 12.4. The molecule has 0 aliphatic rings. The van der Waals surface area contributed by atoms with E-state index in [0.29, 0.717) is 12.2 Å². The molecule has 0 fully saturated rings. The highest BCUT2D eigenvalue weighted by atomic mass is 35.5. The van der Waals surface area contributed by atoms with Crippen LogP contribution in [0.1, 0.15) is 6.92 Å². The Bertz CT molecular complexity index is 542. The average molecular weight is 242 g/mol. The van der Waals surface area contributed by atoms with Crippen LogP contribution < -0.4 is 5.62 Å². The van der Waals surface area contributed by atoms with Gasteiger partial charge >= 0.3 is 0 Å². The fraction of sp³-hybridized carbons (Fsp3) is 0.364. The maximum Gasteiger partial charge on any atom is 0.202 e. The molecular formula is C11H16ClN3O. The van der Waals surface area contributed by atoms with Gasteiger partial charge in [0, 0.05) is 7.05 Å². The first-order chi connectivity index (χ1) is 7.11. The molecule has 16 heavy (non-hydrogen) atoms. The fourth-order valence-electron chi connectivity index (χ4n) is 1.83. The monoisotopic (exact) mass is 241 g/mol. The number of aliphatic hydroxyl groups is 1. The number of rotatable bonds is 2. The molecule has 88 valence electrons. The minimum Gasteiger partial charge on any atom is -0.392 e. The molecule has 1 unspecified atom stereocenters. The minimum atomic E-state index is -0.440. The molecule has 0 saturated carbocycles. The molecule has 1 heterocycles. The first kappa shape index (κ1) is 12.8. The van der Waals surface area contributed by atoms with Gasteiger partial charge in [-0.3, -0.25) is 5.41 Å². The first-order valence-electron chi connectivity index (χ1n) is 4.98. The van der Waals surface area contributed by atoms with Gasteiger partial charge in [-0.15, -0.1) is 12.4 Å². The van der Waals surface area contributed by atoms with Crippen LogP contribution in [0.15, 0.2) is 24.3 Å². The molecule has 1 aromatic carbocycles. The van der Waals surface area contributed by atoms with Crippen molar-refractivity contribution in [1.29, 1.82) is 5.41 Å². The number of benzene rings is 1. The van der Waals surface area contributed by atoms with E-state index in [4.69, 9.17) is 5.41 Å². The SMILES string of the molecule is CC(O)Cn1c(=N)n(C)c2ccccc21.Cl. The van der Waals surface area contributed by atoms with Crippen LogP contribution in [0.3, 0.4) is 0 Å². The van der Waals surface area contributed by atoms with Gasteiger partial charge in [-0.05, 0) is 19.1 Å². The second kappa shape index (κ2) is 4.72. The summed E-state index contributed by atoms with van der Waals surface area (Å²) < 4.78 is 3.64. The molecule has 0 bridgehead atoms. The maximum atomic E-state index is 9.39. The number of aliphatic hydroxyl groups excluding tert-OH is 1. The molecule has 2 N–H and O–H groups in total. The highest BCUT2D eigenvalue weighted by molar-refractivity contribution is 5.85. The number of nitrogens with one attached hydrogen (secondary N) is 1. The Balaban J connectivity index is 0.00000128. The van der Waals surface area contributed by atoms with Crippen molar-refractivity contribution in [2.75, 3.05) is 0 Å². The van der Waals surface area contributed by atoms with E-state index in [1.807, 2.05) is 40.4 Å².